The van der Waals surface area contributed by atoms with Crippen LogP contribution in [-0.2, 0) is 0 Å². The molecule has 0 bridgehead atoms. The smallest absolute Gasteiger partial charge is 0.331 e. The van der Waals surface area contributed by atoms with E-state index in [1.807, 2.05) is 20.8 Å². The van der Waals surface area contributed by atoms with E-state index in [1.165, 1.54) is 11.5 Å². The highest BCUT2D eigenvalue weighted by Gasteiger charge is 2.17. The molecule has 1 rings (SSSR count). The zero-order chi connectivity index (χ0) is 13.9. The highest BCUT2D eigenvalue weighted by Crippen LogP contribution is 2.15. The van der Waals surface area contributed by atoms with Gasteiger partial charge in [0.2, 0.25) is 5.88 Å². The van der Waals surface area contributed by atoms with Gasteiger partial charge in [0.05, 0.1) is 11.6 Å². The first kappa shape index (κ1) is 14.5. The average molecular weight is 255 g/mol. The Bertz CT molecular complexity index is 514. The largest absolute Gasteiger partial charge is 0.494 e. The molecule has 6 nitrogen and oxygen atoms in total. The molecule has 1 aromatic heterocycles. The molecule has 0 radical (unpaired) electrons. The summed E-state index contributed by atoms with van der Waals surface area (Å²) in [7, 11) is 0. The average Bonchev–Trinajstić information content (AvgIpc) is 2.33. The van der Waals surface area contributed by atoms with E-state index in [0.29, 0.717) is 6.54 Å². The number of likely N-dealkylation sites (N-methyl/N-ethyl adjacent to an activating group) is 1. The van der Waals surface area contributed by atoms with Crippen LogP contribution in [0.25, 0.3) is 0 Å². The molecular weight excluding hydrogens is 234 g/mol. The van der Waals surface area contributed by atoms with E-state index in [1.54, 1.807) is 0 Å². The van der Waals surface area contributed by atoms with Gasteiger partial charge in [-0.1, -0.05) is 13.8 Å². The number of hydrogen-bond donors (Lipinski definition) is 2. The molecule has 0 amide bonds. The maximum absolute atomic E-state index is 11.7. The van der Waals surface area contributed by atoms with Crippen molar-refractivity contribution < 1.29 is 5.11 Å². The van der Waals surface area contributed by atoms with Gasteiger partial charge in [-0.2, -0.15) is 0 Å². The van der Waals surface area contributed by atoms with E-state index >= 15 is 0 Å². The van der Waals surface area contributed by atoms with Crippen molar-refractivity contribution in [2.45, 2.75) is 33.7 Å². The molecule has 0 aliphatic rings. The van der Waals surface area contributed by atoms with E-state index in [9.17, 15) is 14.7 Å². The van der Waals surface area contributed by atoms with Gasteiger partial charge in [0.1, 0.15) is 0 Å². The Morgan fingerprint density at radius 2 is 1.89 bits per heavy atom. The molecule has 0 aliphatic heterocycles. The number of aromatic hydroxyl groups is 1. The Balaban J connectivity index is 3.14. The Kier molecular flexibility index (Phi) is 4.72. The van der Waals surface area contributed by atoms with Crippen molar-refractivity contribution in [3.8, 4) is 5.88 Å². The number of nitrogens with one attached hydrogen (secondary N) is 1. The molecule has 6 heteroatoms. The first-order valence-electron chi connectivity index (χ1n) is 6.19. The Morgan fingerprint density at radius 1 is 1.33 bits per heavy atom. The van der Waals surface area contributed by atoms with Crippen LogP contribution < -0.4 is 11.2 Å². The topological polar surface area (TPSA) is 78.3 Å². The molecule has 102 valence electrons. The third-order valence-corrected chi connectivity index (χ3v) is 3.20. The normalized spacial score (nSPS) is 12.9. The lowest BCUT2D eigenvalue weighted by atomic mass is 10.2. The number of nitrogens with zero attached hydrogens (tertiary/aromatic N) is 2. The van der Waals surface area contributed by atoms with Gasteiger partial charge < -0.3 is 10.0 Å². The molecule has 0 saturated carbocycles. The summed E-state index contributed by atoms with van der Waals surface area (Å²) in [6.45, 7) is 9.81. The first-order chi connectivity index (χ1) is 8.42. The fourth-order valence-corrected chi connectivity index (χ4v) is 1.98. The van der Waals surface area contributed by atoms with Crippen LogP contribution in [0.4, 0.5) is 0 Å². The number of H-pyrrole nitrogens is 1. The van der Waals surface area contributed by atoms with E-state index in [0.717, 1.165) is 13.1 Å². The predicted octanol–water partition coefficient (Wildman–Crippen LogP) is 0.453. The van der Waals surface area contributed by atoms with Gasteiger partial charge in [0.15, 0.2) is 0 Å². The number of aromatic amines is 1. The minimum atomic E-state index is -0.567. The quantitative estimate of drug-likeness (QED) is 0.801. The molecule has 0 spiro atoms. The van der Waals surface area contributed by atoms with Gasteiger partial charge in [-0.25, -0.2) is 4.79 Å². The van der Waals surface area contributed by atoms with Gasteiger partial charge >= 0.3 is 5.69 Å². The number of hydrogen-bond acceptors (Lipinski definition) is 4. The number of rotatable bonds is 5. The molecular formula is C12H21N3O3. The van der Waals surface area contributed by atoms with Crippen molar-refractivity contribution in [2.24, 2.45) is 0 Å². The summed E-state index contributed by atoms with van der Waals surface area (Å²) in [6.07, 6.45) is 0. The molecule has 0 fully saturated rings. The second kappa shape index (κ2) is 5.86. The molecule has 1 heterocycles. The molecule has 1 atom stereocenters. The summed E-state index contributed by atoms with van der Waals surface area (Å²) < 4.78 is 1.23. The van der Waals surface area contributed by atoms with Gasteiger partial charge in [-0.05, 0) is 26.9 Å². The fourth-order valence-electron chi connectivity index (χ4n) is 1.98. The maximum Gasteiger partial charge on any atom is 0.331 e. The SMILES string of the molecule is CCN(CC)CC(C)n1c(O)c(C)c(=O)[nH]c1=O. The molecule has 0 saturated heterocycles. The van der Waals surface area contributed by atoms with Crippen LogP contribution in [0.5, 0.6) is 5.88 Å². The summed E-state index contributed by atoms with van der Waals surface area (Å²) in [5.41, 5.74) is -0.937. The molecule has 2 N–H and O–H groups in total. The summed E-state index contributed by atoms with van der Waals surface area (Å²) in [5.74, 6) is -0.247. The molecule has 1 aromatic rings. The van der Waals surface area contributed by atoms with Crippen LogP contribution >= 0.6 is 0 Å². The molecule has 1 unspecified atom stereocenters. The van der Waals surface area contributed by atoms with Crippen molar-refractivity contribution in [1.82, 2.24) is 14.5 Å². The van der Waals surface area contributed by atoms with Crippen molar-refractivity contribution in [3.63, 3.8) is 0 Å². The standard InChI is InChI=1S/C12H21N3O3/c1-5-14(6-2)7-8(3)15-11(17)9(4)10(16)13-12(15)18/h8,17H,5-7H2,1-4H3,(H,13,16,18). The zero-order valence-corrected chi connectivity index (χ0v) is 11.4. The minimum Gasteiger partial charge on any atom is -0.494 e. The third-order valence-electron chi connectivity index (χ3n) is 3.20. The molecule has 0 aromatic carbocycles. The molecule has 0 aliphatic carbocycles. The summed E-state index contributed by atoms with van der Waals surface area (Å²) >= 11 is 0. The van der Waals surface area contributed by atoms with Crippen molar-refractivity contribution in [1.29, 1.82) is 0 Å². The van der Waals surface area contributed by atoms with Crippen molar-refractivity contribution in [2.75, 3.05) is 19.6 Å². The monoisotopic (exact) mass is 255 g/mol. The van der Waals surface area contributed by atoms with Gasteiger partial charge in [0.25, 0.3) is 5.56 Å². The third kappa shape index (κ3) is 2.81. The van der Waals surface area contributed by atoms with Crippen LogP contribution in [0.2, 0.25) is 0 Å². The van der Waals surface area contributed by atoms with Crippen molar-refractivity contribution in [3.05, 3.63) is 26.4 Å². The Morgan fingerprint density at radius 3 is 2.39 bits per heavy atom. The Hall–Kier alpha value is -1.56. The lowest BCUT2D eigenvalue weighted by Crippen LogP contribution is -2.37. The van der Waals surface area contributed by atoms with Crippen LogP contribution in [0, 0.1) is 6.92 Å². The van der Waals surface area contributed by atoms with E-state index in [-0.39, 0.29) is 17.5 Å². The lowest BCUT2D eigenvalue weighted by molar-refractivity contribution is 0.245. The summed E-state index contributed by atoms with van der Waals surface area (Å²) in [5, 5.41) is 9.91. The summed E-state index contributed by atoms with van der Waals surface area (Å²) in [6, 6.07) is -0.201. The van der Waals surface area contributed by atoms with E-state index in [4.69, 9.17) is 0 Å². The van der Waals surface area contributed by atoms with Crippen LogP contribution in [0.1, 0.15) is 32.4 Å². The highest BCUT2D eigenvalue weighted by atomic mass is 16.3. The second-order valence-electron chi connectivity index (χ2n) is 4.41. The van der Waals surface area contributed by atoms with E-state index < -0.39 is 11.2 Å². The van der Waals surface area contributed by atoms with Crippen LogP contribution in [-0.4, -0.2) is 39.2 Å². The number of aromatic nitrogens is 2. The van der Waals surface area contributed by atoms with Gasteiger partial charge in [-0.3, -0.25) is 14.3 Å². The minimum absolute atomic E-state index is 0.168. The van der Waals surface area contributed by atoms with E-state index in [2.05, 4.69) is 9.88 Å². The first-order valence-corrected chi connectivity index (χ1v) is 6.19. The second-order valence-corrected chi connectivity index (χ2v) is 4.41. The van der Waals surface area contributed by atoms with Gasteiger partial charge in [-0.15, -0.1) is 0 Å². The van der Waals surface area contributed by atoms with Crippen LogP contribution in [0.3, 0.4) is 0 Å². The predicted molar refractivity (Wildman–Crippen MR) is 70.2 cm³/mol. The lowest BCUT2D eigenvalue weighted by Gasteiger charge is -2.24. The summed E-state index contributed by atoms with van der Waals surface area (Å²) in [4.78, 5) is 27.4. The molecule has 18 heavy (non-hydrogen) atoms. The fraction of sp³-hybridized carbons (Fsp3) is 0.667. The van der Waals surface area contributed by atoms with Gasteiger partial charge in [0, 0.05) is 6.54 Å². The highest BCUT2D eigenvalue weighted by molar-refractivity contribution is 5.21. The Labute approximate surface area is 106 Å². The van der Waals surface area contributed by atoms with Crippen molar-refractivity contribution >= 4 is 0 Å². The maximum atomic E-state index is 11.7. The zero-order valence-electron chi connectivity index (χ0n) is 11.4. The van der Waals surface area contributed by atoms with Crippen LogP contribution in [0.15, 0.2) is 9.59 Å².